The minimum atomic E-state index is -5.11. The topological polar surface area (TPSA) is 228 Å². The van der Waals surface area contributed by atoms with Crippen LogP contribution < -0.4 is 11.1 Å². The number of nitrogen functional groups attached to an aromatic ring is 1. The number of rotatable bonds is 8. The molecule has 19 heteroatoms. The smallest absolute Gasteiger partial charge is 0.363 e. The molecule has 2 rings (SSSR count). The van der Waals surface area contributed by atoms with E-state index in [0.29, 0.717) is 0 Å². The number of hydrogen-bond acceptors (Lipinski definition) is 12. The van der Waals surface area contributed by atoms with Crippen molar-refractivity contribution in [2.45, 2.75) is 31.5 Å². The van der Waals surface area contributed by atoms with Gasteiger partial charge in [-0.15, -0.1) is 11.3 Å². The number of carbonyl (C=O) groups is 4. The quantitative estimate of drug-likeness (QED) is 0.0675. The maximum Gasteiger partial charge on any atom is 0.363 e. The molecule has 0 unspecified atom stereocenters. The van der Waals surface area contributed by atoms with E-state index in [1.165, 1.54) is 5.38 Å². The molecule has 0 aliphatic carbocycles. The number of methoxy groups -OCH3 is 1. The van der Waals surface area contributed by atoms with Gasteiger partial charge in [0.05, 0.1) is 7.11 Å². The number of thiazole rings is 1. The van der Waals surface area contributed by atoms with Crippen LogP contribution in [0.3, 0.4) is 0 Å². The Morgan fingerprint density at radius 3 is 2.33 bits per heavy atom. The summed E-state index contributed by atoms with van der Waals surface area (Å²) in [4.78, 5) is 56.6. The summed E-state index contributed by atoms with van der Waals surface area (Å²) < 4.78 is 36.0. The fraction of sp³-hybridized carbons (Fsp3) is 0.429. The van der Waals surface area contributed by atoms with Gasteiger partial charge in [0.15, 0.2) is 16.9 Å². The third-order valence-corrected chi connectivity index (χ3v) is 5.47. The van der Waals surface area contributed by atoms with E-state index in [1.54, 1.807) is 0 Å². The summed E-state index contributed by atoms with van der Waals surface area (Å²) >= 11 is 0.914. The van der Waals surface area contributed by atoms with Gasteiger partial charge in [0, 0.05) is 64.5 Å². The molecule has 2 atom stereocenters. The van der Waals surface area contributed by atoms with Gasteiger partial charge in [-0.25, -0.2) is 14.6 Å². The van der Waals surface area contributed by atoms with Gasteiger partial charge < -0.3 is 25.7 Å². The van der Waals surface area contributed by atoms with E-state index >= 15 is 0 Å². The summed E-state index contributed by atoms with van der Waals surface area (Å²) in [6, 6.07) is -3.62. The van der Waals surface area contributed by atoms with Gasteiger partial charge in [-0.2, -0.15) is 12.7 Å². The normalized spacial score (nSPS) is 18.2. The molecule has 1 aromatic heterocycles. The molecule has 5 N–H and O–H groups in total. The Bertz CT molecular complexity index is 1070. The Balaban J connectivity index is 0.00000512. The molecule has 1 saturated heterocycles. The molecule has 33 heavy (non-hydrogen) atoms. The van der Waals surface area contributed by atoms with Gasteiger partial charge in [0.25, 0.3) is 11.8 Å². The zero-order valence-corrected chi connectivity index (χ0v) is 23.8. The zero-order valence-electron chi connectivity index (χ0n) is 18.1. The number of carbonyl (C=O) groups excluding carboxylic acids is 3. The Kier molecular flexibility index (Phi) is 11.4. The summed E-state index contributed by atoms with van der Waals surface area (Å²) in [5.74, 6) is -5.14. The van der Waals surface area contributed by atoms with Crippen LogP contribution in [0.2, 0.25) is 0 Å². The summed E-state index contributed by atoms with van der Waals surface area (Å²) in [6.45, 7) is 2.30. The Morgan fingerprint density at radius 2 is 1.91 bits per heavy atom. The number of hydrogen-bond donors (Lipinski definition) is 4. The Morgan fingerprint density at radius 1 is 1.33 bits per heavy atom. The number of nitrogens with zero attached hydrogens (tertiary/aromatic N) is 3. The maximum atomic E-state index is 12.7. The van der Waals surface area contributed by atoms with E-state index < -0.39 is 57.5 Å². The predicted molar refractivity (Wildman–Crippen MR) is 114 cm³/mol. The van der Waals surface area contributed by atoms with Gasteiger partial charge in [-0.05, 0) is 13.8 Å². The van der Waals surface area contributed by atoms with Gasteiger partial charge in [-0.3, -0.25) is 14.1 Å². The first-order valence-electron chi connectivity index (χ1n) is 8.11. The van der Waals surface area contributed by atoms with Crippen LogP contribution in [0.5, 0.6) is 0 Å². The Labute approximate surface area is 235 Å². The molecule has 15 nitrogen and oxygen atoms in total. The van der Waals surface area contributed by atoms with E-state index in [-0.39, 0.29) is 74.2 Å². The van der Waals surface area contributed by atoms with Crippen molar-refractivity contribution in [2.75, 3.05) is 12.8 Å². The summed E-state index contributed by atoms with van der Waals surface area (Å²) in [7, 11) is -4.21. The van der Waals surface area contributed by atoms with Gasteiger partial charge in [-0.1, -0.05) is 5.16 Å². The molecular formula is C14H17N5Na2O10S2. The minimum absolute atomic E-state index is 0. The number of carboxylic acids is 1. The van der Waals surface area contributed by atoms with Crippen molar-refractivity contribution in [1.82, 2.24) is 14.6 Å². The first-order chi connectivity index (χ1) is 14.2. The third-order valence-electron chi connectivity index (χ3n) is 3.89. The molecule has 0 saturated carbocycles. The summed E-state index contributed by atoms with van der Waals surface area (Å²) in [5.41, 5.74) is 2.92. The monoisotopic (exact) mass is 525 g/mol. The average molecular weight is 525 g/mol. The molecule has 2 amide bonds. The van der Waals surface area contributed by atoms with E-state index in [9.17, 15) is 27.6 Å². The first kappa shape index (κ1) is 31.7. The maximum absolute atomic E-state index is 12.7. The number of nitrogens with two attached hydrogens (primary N) is 1. The number of oxime groups is 1. The molecule has 2 radical (unpaired) electrons. The van der Waals surface area contributed by atoms with Crippen LogP contribution in [0.25, 0.3) is 0 Å². The van der Waals surface area contributed by atoms with Crippen LogP contribution >= 0.6 is 11.3 Å². The van der Waals surface area contributed by atoms with Crippen LogP contribution in [-0.2, 0) is 39.1 Å². The van der Waals surface area contributed by atoms with Crippen LogP contribution in [0.1, 0.15) is 19.5 Å². The predicted octanol–water partition coefficient (Wildman–Crippen LogP) is -2.78. The van der Waals surface area contributed by atoms with E-state index in [1.807, 2.05) is 0 Å². The van der Waals surface area contributed by atoms with E-state index in [2.05, 4.69) is 20.2 Å². The van der Waals surface area contributed by atoms with Gasteiger partial charge in [0.2, 0.25) is 5.60 Å². The Hall–Kier alpha value is -1.31. The minimum Gasteiger partial charge on any atom is -0.478 e. The molecule has 0 spiro atoms. The number of aliphatic carboxylic acids is 1. The number of esters is 1. The van der Waals surface area contributed by atoms with E-state index in [4.69, 9.17) is 20.2 Å². The standard InChI is InChI=1S/C14H17N5O10S2.2Na/c1-14(2,12(23)24)29-18-6(5-4-30-13(15)16-5)9(20)17-7-8(11(22)28-3)19(10(7)21)31(25,26)27;;/h4,7-8H,1-3H3,(H2,15,16)(H,17,20)(H,23,24)(H,25,26,27);;/t7-,8+;;/m0../s1. The molecule has 1 aliphatic heterocycles. The average Bonchev–Trinajstić information content (AvgIpc) is 3.07. The SMILES string of the molecule is COC(=O)[C@H]1[C@H](NC(=O)C(=NOC(C)(C)C(=O)O)c2csc(N)n2)C(=O)N1S(=O)(=O)O.[Na].[Na]. The zero-order chi connectivity index (χ0) is 23.7. The third kappa shape index (κ3) is 7.09. The second kappa shape index (κ2) is 11.9. The van der Waals surface area contributed by atoms with Crippen LogP contribution in [0.4, 0.5) is 5.13 Å². The number of β-lactam (4-membered cyclic amide) rings is 1. The second-order valence-electron chi connectivity index (χ2n) is 6.45. The number of carboxylic acid groups (broad SMARTS) is 1. The largest absolute Gasteiger partial charge is 0.478 e. The van der Waals surface area contributed by atoms with E-state index in [0.717, 1.165) is 32.3 Å². The van der Waals surface area contributed by atoms with Crippen LogP contribution in [0.15, 0.2) is 10.5 Å². The number of anilines is 1. The van der Waals surface area contributed by atoms with Crippen molar-refractivity contribution >= 4 is 115 Å². The van der Waals surface area contributed by atoms with Crippen molar-refractivity contribution in [1.29, 1.82) is 0 Å². The van der Waals surface area contributed by atoms with Gasteiger partial charge in [0.1, 0.15) is 11.7 Å². The molecule has 1 aliphatic rings. The summed E-state index contributed by atoms with van der Waals surface area (Å²) in [5, 5.41) is 16.0. The molecule has 2 heterocycles. The van der Waals surface area contributed by atoms with Crippen molar-refractivity contribution in [3.05, 3.63) is 11.1 Å². The molecule has 1 aromatic rings. The van der Waals surface area contributed by atoms with Crippen LogP contribution in [0, 0.1) is 0 Å². The number of ether oxygens (including phenoxy) is 1. The fourth-order valence-corrected chi connectivity index (χ4v) is 3.61. The summed E-state index contributed by atoms with van der Waals surface area (Å²) in [6.07, 6.45) is 0. The number of nitrogens with one attached hydrogen (secondary N) is 1. The molecule has 172 valence electrons. The molecule has 1 fully saturated rings. The van der Waals surface area contributed by atoms with Crippen molar-refractivity contribution in [3.63, 3.8) is 0 Å². The van der Waals surface area contributed by atoms with Crippen molar-refractivity contribution < 1.29 is 46.8 Å². The molecular weight excluding hydrogens is 508 g/mol. The van der Waals surface area contributed by atoms with Crippen molar-refractivity contribution in [3.8, 4) is 0 Å². The number of amides is 2. The van der Waals surface area contributed by atoms with Crippen molar-refractivity contribution in [2.24, 2.45) is 5.16 Å². The van der Waals surface area contributed by atoms with Gasteiger partial charge >= 0.3 is 22.2 Å². The second-order valence-corrected chi connectivity index (χ2v) is 8.63. The molecule has 0 aromatic carbocycles. The fourth-order valence-electron chi connectivity index (χ4n) is 2.22. The molecule has 0 bridgehead atoms. The van der Waals surface area contributed by atoms with Crippen LogP contribution in [-0.4, -0.2) is 141 Å². The first-order valence-corrected chi connectivity index (χ1v) is 10.4. The number of aromatic nitrogens is 1.